The Morgan fingerprint density at radius 2 is 1.57 bits per heavy atom. The van der Waals surface area contributed by atoms with Crippen LogP contribution in [0.4, 0.5) is 0 Å². The van der Waals surface area contributed by atoms with Crippen molar-refractivity contribution in [1.29, 1.82) is 0 Å². The van der Waals surface area contributed by atoms with E-state index in [0.717, 1.165) is 10.9 Å². The van der Waals surface area contributed by atoms with Gasteiger partial charge in [-0.2, -0.15) is 12.6 Å². The summed E-state index contributed by atoms with van der Waals surface area (Å²) in [7, 11) is 0. The monoisotopic (exact) mass is 508 g/mol. The van der Waals surface area contributed by atoms with Gasteiger partial charge in [-0.05, 0) is 11.6 Å². The van der Waals surface area contributed by atoms with Crippen LogP contribution < -0.4 is 27.4 Å². The number of nitrogens with one attached hydrogen (secondary N) is 4. The molecule has 0 fully saturated rings. The second-order valence-corrected chi connectivity index (χ2v) is 8.09. The quantitative estimate of drug-likeness (QED) is 0.130. The SMILES string of the molecule is NC(=O)CC(NC(=O)C(CS)NC(=O)C(Cc1c[nH]c2ccccc12)NC(=O)C(N)CO)C(=O)O. The third-order valence-corrected chi connectivity index (χ3v) is 5.47. The van der Waals surface area contributed by atoms with Crippen LogP contribution >= 0.6 is 12.6 Å². The van der Waals surface area contributed by atoms with Crippen molar-refractivity contribution < 1.29 is 34.2 Å². The van der Waals surface area contributed by atoms with Crippen LogP contribution in [0, 0.1) is 0 Å². The minimum absolute atomic E-state index is 0.0140. The van der Waals surface area contributed by atoms with Crippen molar-refractivity contribution in [3.05, 3.63) is 36.0 Å². The van der Waals surface area contributed by atoms with E-state index in [1.807, 2.05) is 18.2 Å². The lowest BCUT2D eigenvalue weighted by Crippen LogP contribution is -2.58. The molecule has 0 aliphatic rings. The number of hydrogen-bond acceptors (Lipinski definition) is 8. The maximum absolute atomic E-state index is 13.1. The van der Waals surface area contributed by atoms with Gasteiger partial charge in [-0.3, -0.25) is 19.2 Å². The number of carboxylic acid groups (broad SMARTS) is 1. The summed E-state index contributed by atoms with van der Waals surface area (Å²) in [5, 5.41) is 26.2. The third-order valence-electron chi connectivity index (χ3n) is 5.10. The number of aliphatic hydroxyl groups is 1. The van der Waals surface area contributed by atoms with Gasteiger partial charge in [0.05, 0.1) is 13.0 Å². The van der Waals surface area contributed by atoms with Gasteiger partial charge in [0, 0.05) is 29.3 Å². The number of carbonyl (C=O) groups is 5. The summed E-state index contributed by atoms with van der Waals surface area (Å²) in [6.07, 6.45) is 1.04. The van der Waals surface area contributed by atoms with Crippen LogP contribution in [-0.2, 0) is 30.4 Å². The van der Waals surface area contributed by atoms with Gasteiger partial charge in [0.1, 0.15) is 24.2 Å². The zero-order valence-electron chi connectivity index (χ0n) is 18.6. The number of fused-ring (bicyclic) bond motifs is 1. The highest BCUT2D eigenvalue weighted by molar-refractivity contribution is 7.80. The molecule has 0 bridgehead atoms. The molecule has 0 saturated heterocycles. The second-order valence-electron chi connectivity index (χ2n) is 7.73. The number of aromatic amines is 1. The Balaban J connectivity index is 2.21. The first-order valence-electron chi connectivity index (χ1n) is 10.5. The number of thiol groups is 1. The largest absolute Gasteiger partial charge is 0.480 e. The standard InChI is InChI=1S/C21H28N6O7S/c22-12(8-28)18(30)25-14(5-10-7-24-13-4-2-1-3-11(10)13)19(31)27-16(9-35)20(32)26-15(21(33)34)6-17(23)29/h1-4,7,12,14-16,24,28,35H,5-6,8-9,22H2,(H2,23,29)(H,25,30)(H,26,32)(H,27,31)(H,33,34). The minimum Gasteiger partial charge on any atom is -0.480 e. The number of carbonyl (C=O) groups excluding carboxylic acids is 4. The van der Waals surface area contributed by atoms with E-state index in [1.54, 1.807) is 12.3 Å². The molecule has 1 aromatic carbocycles. The van der Waals surface area contributed by atoms with E-state index in [0.29, 0.717) is 5.56 Å². The highest BCUT2D eigenvalue weighted by Gasteiger charge is 2.30. The van der Waals surface area contributed by atoms with Crippen molar-refractivity contribution in [2.24, 2.45) is 11.5 Å². The second kappa shape index (κ2) is 12.7. The van der Waals surface area contributed by atoms with Gasteiger partial charge in [-0.15, -0.1) is 0 Å². The molecular weight excluding hydrogens is 480 g/mol. The summed E-state index contributed by atoms with van der Waals surface area (Å²) in [6, 6.07) is 1.93. The van der Waals surface area contributed by atoms with Crippen LogP contribution in [0.15, 0.2) is 30.5 Å². The number of benzene rings is 1. The maximum Gasteiger partial charge on any atom is 0.326 e. The molecule has 1 aromatic heterocycles. The van der Waals surface area contributed by atoms with Crippen molar-refractivity contribution >= 4 is 53.1 Å². The fraction of sp³-hybridized carbons (Fsp3) is 0.381. The summed E-state index contributed by atoms with van der Waals surface area (Å²) < 4.78 is 0. The highest BCUT2D eigenvalue weighted by Crippen LogP contribution is 2.19. The number of aliphatic carboxylic acids is 1. The Hall–Kier alpha value is -3.62. The zero-order chi connectivity index (χ0) is 26.1. The van der Waals surface area contributed by atoms with E-state index in [4.69, 9.17) is 16.6 Å². The minimum atomic E-state index is -1.59. The predicted octanol–water partition coefficient (Wildman–Crippen LogP) is -2.63. The lowest BCUT2D eigenvalue weighted by molar-refractivity contribution is -0.143. The molecule has 0 spiro atoms. The normalized spacial score (nSPS) is 14.4. The molecule has 0 aliphatic carbocycles. The van der Waals surface area contributed by atoms with Gasteiger partial charge >= 0.3 is 5.97 Å². The molecule has 0 aliphatic heterocycles. The van der Waals surface area contributed by atoms with Crippen molar-refractivity contribution in [3.8, 4) is 0 Å². The Bertz CT molecular complexity index is 1090. The number of rotatable bonds is 13. The first-order valence-corrected chi connectivity index (χ1v) is 11.1. The molecule has 0 radical (unpaired) electrons. The first kappa shape index (κ1) is 27.6. The van der Waals surface area contributed by atoms with E-state index in [2.05, 4.69) is 33.6 Å². The van der Waals surface area contributed by atoms with E-state index in [1.165, 1.54) is 0 Å². The van der Waals surface area contributed by atoms with Crippen LogP contribution in [0.3, 0.4) is 0 Å². The summed E-state index contributed by atoms with van der Waals surface area (Å²) in [5.41, 5.74) is 12.1. The summed E-state index contributed by atoms with van der Waals surface area (Å²) in [5.74, 6) is -5.11. The van der Waals surface area contributed by atoms with Gasteiger partial charge in [0.2, 0.25) is 23.6 Å². The summed E-state index contributed by atoms with van der Waals surface area (Å²) >= 11 is 4.04. The lowest BCUT2D eigenvalue weighted by Gasteiger charge is -2.24. The number of aliphatic hydroxyl groups excluding tert-OH is 1. The molecule has 4 unspecified atom stereocenters. The van der Waals surface area contributed by atoms with Crippen LogP contribution in [0.2, 0.25) is 0 Å². The van der Waals surface area contributed by atoms with Gasteiger partial charge < -0.3 is 42.6 Å². The lowest BCUT2D eigenvalue weighted by atomic mass is 10.0. The summed E-state index contributed by atoms with van der Waals surface area (Å²) in [6.45, 7) is -0.647. The fourth-order valence-electron chi connectivity index (χ4n) is 3.23. The number of nitrogens with two attached hydrogens (primary N) is 2. The topological polar surface area (TPSA) is 230 Å². The highest BCUT2D eigenvalue weighted by atomic mass is 32.1. The fourth-order valence-corrected chi connectivity index (χ4v) is 3.49. The van der Waals surface area contributed by atoms with Gasteiger partial charge in [-0.1, -0.05) is 18.2 Å². The van der Waals surface area contributed by atoms with Crippen LogP contribution in [-0.4, -0.2) is 81.3 Å². The molecule has 2 rings (SSSR count). The molecule has 4 atom stereocenters. The van der Waals surface area contributed by atoms with Crippen LogP contribution in [0.5, 0.6) is 0 Å². The number of amides is 4. The first-order chi connectivity index (χ1) is 16.6. The maximum atomic E-state index is 13.1. The van der Waals surface area contributed by atoms with E-state index in [-0.39, 0.29) is 12.2 Å². The van der Waals surface area contributed by atoms with Crippen molar-refractivity contribution in [3.63, 3.8) is 0 Å². The smallest absolute Gasteiger partial charge is 0.326 e. The number of hydrogen-bond donors (Lipinski definition) is 9. The van der Waals surface area contributed by atoms with Crippen molar-refractivity contribution in [2.75, 3.05) is 12.4 Å². The average Bonchev–Trinajstić information content (AvgIpc) is 3.23. The van der Waals surface area contributed by atoms with Gasteiger partial charge in [-0.25, -0.2) is 4.79 Å². The van der Waals surface area contributed by atoms with Crippen molar-refractivity contribution in [2.45, 2.75) is 37.0 Å². The third kappa shape index (κ3) is 7.70. The van der Waals surface area contributed by atoms with E-state index < -0.39 is 66.8 Å². The molecule has 14 heteroatoms. The molecule has 10 N–H and O–H groups in total. The molecule has 0 saturated carbocycles. The number of para-hydroxylation sites is 1. The summed E-state index contributed by atoms with van der Waals surface area (Å²) in [4.78, 5) is 63.4. The molecule has 35 heavy (non-hydrogen) atoms. The van der Waals surface area contributed by atoms with Crippen LogP contribution in [0.25, 0.3) is 10.9 Å². The van der Waals surface area contributed by atoms with Gasteiger partial charge in [0.25, 0.3) is 0 Å². The average molecular weight is 509 g/mol. The predicted molar refractivity (Wildman–Crippen MR) is 128 cm³/mol. The Kier molecular flexibility index (Phi) is 10.1. The number of aromatic nitrogens is 1. The molecular formula is C21H28N6O7S. The van der Waals surface area contributed by atoms with Gasteiger partial charge in [0.15, 0.2) is 0 Å². The van der Waals surface area contributed by atoms with E-state index in [9.17, 15) is 29.1 Å². The molecule has 1 heterocycles. The molecule has 4 amide bonds. The molecule has 190 valence electrons. The Morgan fingerprint density at radius 3 is 2.17 bits per heavy atom. The van der Waals surface area contributed by atoms with Crippen molar-refractivity contribution in [1.82, 2.24) is 20.9 Å². The Labute approximate surface area is 205 Å². The Morgan fingerprint density at radius 1 is 0.971 bits per heavy atom. The zero-order valence-corrected chi connectivity index (χ0v) is 19.5. The van der Waals surface area contributed by atoms with E-state index >= 15 is 0 Å². The molecule has 2 aromatic rings. The number of H-pyrrole nitrogens is 1. The number of primary amides is 1. The van der Waals surface area contributed by atoms with Crippen LogP contribution in [0.1, 0.15) is 12.0 Å². The molecule has 13 nitrogen and oxygen atoms in total. The number of carboxylic acids is 1.